The van der Waals surface area contributed by atoms with Crippen LogP contribution in [0.15, 0.2) is 60.7 Å². The molecule has 0 aliphatic carbocycles. The van der Waals surface area contributed by atoms with Crippen molar-refractivity contribution >= 4 is 29.1 Å². The van der Waals surface area contributed by atoms with Gasteiger partial charge in [-0.2, -0.15) is 0 Å². The molecule has 1 atom stereocenters. The minimum Gasteiger partial charge on any atom is -0.508 e. The van der Waals surface area contributed by atoms with Gasteiger partial charge in [0.1, 0.15) is 11.5 Å². The third-order valence-corrected chi connectivity index (χ3v) is 6.22. The van der Waals surface area contributed by atoms with Crippen LogP contribution in [0.1, 0.15) is 45.2 Å². The molecular formula is C26H25ClN2O4. The fourth-order valence-corrected chi connectivity index (χ4v) is 4.31. The van der Waals surface area contributed by atoms with Crippen molar-refractivity contribution in [2.75, 3.05) is 11.9 Å². The van der Waals surface area contributed by atoms with Gasteiger partial charge in [0.05, 0.1) is 5.56 Å². The molecule has 7 heteroatoms. The Labute approximate surface area is 197 Å². The van der Waals surface area contributed by atoms with Gasteiger partial charge >= 0.3 is 0 Å². The number of aryl methyl sites for hydroxylation is 1. The predicted molar refractivity (Wildman–Crippen MR) is 128 cm³/mol. The zero-order valence-electron chi connectivity index (χ0n) is 18.5. The molecule has 0 spiro atoms. The van der Waals surface area contributed by atoms with E-state index in [-0.39, 0.29) is 34.9 Å². The van der Waals surface area contributed by atoms with Gasteiger partial charge in [0.25, 0.3) is 11.8 Å². The molecule has 6 nitrogen and oxygen atoms in total. The Morgan fingerprint density at radius 3 is 2.48 bits per heavy atom. The number of phenolic OH excluding ortho intramolecular Hbond substituents is 2. The maximum atomic E-state index is 13.3. The monoisotopic (exact) mass is 464 g/mol. The standard InChI is InChI=1S/C26H25ClN2O4/c1-16-3-6-18-13-19(25(32)28(2)15-17-4-8-20(27)9-5-17)7-12-23(18)29(16)26(33)22-11-10-21(30)14-24(22)31/h4-5,7-14,16,30-31H,3,6,15H2,1-2H3. The van der Waals surface area contributed by atoms with Gasteiger partial charge in [0.2, 0.25) is 0 Å². The average molecular weight is 465 g/mol. The van der Waals surface area contributed by atoms with Crippen molar-refractivity contribution in [1.29, 1.82) is 0 Å². The summed E-state index contributed by atoms with van der Waals surface area (Å²) in [4.78, 5) is 29.6. The second-order valence-corrected chi connectivity index (χ2v) is 8.83. The molecule has 1 aliphatic heterocycles. The lowest BCUT2D eigenvalue weighted by molar-refractivity contribution is 0.0785. The van der Waals surface area contributed by atoms with Gasteiger partial charge in [-0.15, -0.1) is 0 Å². The number of nitrogens with zero attached hydrogens (tertiary/aromatic N) is 2. The molecule has 170 valence electrons. The predicted octanol–water partition coefficient (Wildman–Crippen LogP) is 5.00. The van der Waals surface area contributed by atoms with E-state index in [0.29, 0.717) is 17.1 Å². The van der Waals surface area contributed by atoms with Gasteiger partial charge in [-0.3, -0.25) is 9.59 Å². The molecule has 4 rings (SSSR count). The van der Waals surface area contributed by atoms with Crippen LogP contribution in [0.5, 0.6) is 11.5 Å². The lowest BCUT2D eigenvalue weighted by Crippen LogP contribution is -2.42. The number of aromatic hydroxyl groups is 2. The molecule has 0 saturated carbocycles. The number of amides is 2. The number of hydrogen-bond acceptors (Lipinski definition) is 4. The number of phenols is 2. The average Bonchev–Trinajstić information content (AvgIpc) is 2.79. The van der Waals surface area contributed by atoms with Crippen molar-refractivity contribution in [1.82, 2.24) is 4.90 Å². The Hall–Kier alpha value is -3.51. The van der Waals surface area contributed by atoms with E-state index in [4.69, 9.17) is 11.6 Å². The molecule has 33 heavy (non-hydrogen) atoms. The molecule has 3 aromatic carbocycles. The highest BCUT2D eigenvalue weighted by Gasteiger charge is 2.31. The third-order valence-electron chi connectivity index (χ3n) is 5.97. The fourth-order valence-electron chi connectivity index (χ4n) is 4.18. The summed E-state index contributed by atoms with van der Waals surface area (Å²) in [6.07, 6.45) is 1.47. The second-order valence-electron chi connectivity index (χ2n) is 8.40. The Morgan fingerprint density at radius 2 is 1.79 bits per heavy atom. The highest BCUT2D eigenvalue weighted by atomic mass is 35.5. The van der Waals surface area contributed by atoms with Crippen LogP contribution in [0.25, 0.3) is 0 Å². The van der Waals surface area contributed by atoms with Crippen molar-refractivity contribution in [3.63, 3.8) is 0 Å². The zero-order valence-corrected chi connectivity index (χ0v) is 19.2. The van der Waals surface area contributed by atoms with E-state index in [1.165, 1.54) is 12.1 Å². The van der Waals surface area contributed by atoms with E-state index < -0.39 is 0 Å². The third kappa shape index (κ3) is 4.66. The van der Waals surface area contributed by atoms with E-state index in [2.05, 4.69) is 0 Å². The smallest absolute Gasteiger partial charge is 0.262 e. The van der Waals surface area contributed by atoms with Gasteiger partial charge in [-0.1, -0.05) is 23.7 Å². The molecule has 2 amide bonds. The summed E-state index contributed by atoms with van der Waals surface area (Å²) in [5, 5.41) is 20.4. The van der Waals surface area contributed by atoms with Crippen molar-refractivity contribution in [3.8, 4) is 11.5 Å². The highest BCUT2D eigenvalue weighted by Crippen LogP contribution is 2.35. The minimum absolute atomic E-state index is 0.0765. The molecule has 1 aliphatic rings. The van der Waals surface area contributed by atoms with Crippen LogP contribution in [0.2, 0.25) is 5.02 Å². The Bertz CT molecular complexity index is 1210. The maximum Gasteiger partial charge on any atom is 0.262 e. The lowest BCUT2D eigenvalue weighted by Gasteiger charge is -2.36. The highest BCUT2D eigenvalue weighted by molar-refractivity contribution is 6.30. The normalized spacial score (nSPS) is 15.1. The van der Waals surface area contributed by atoms with Crippen molar-refractivity contribution in [3.05, 3.63) is 87.9 Å². The summed E-state index contributed by atoms with van der Waals surface area (Å²) in [6.45, 7) is 2.41. The van der Waals surface area contributed by atoms with Gasteiger partial charge in [0.15, 0.2) is 0 Å². The number of anilines is 1. The summed E-state index contributed by atoms with van der Waals surface area (Å²) >= 11 is 5.94. The maximum absolute atomic E-state index is 13.3. The zero-order chi connectivity index (χ0) is 23.7. The van der Waals surface area contributed by atoms with E-state index >= 15 is 0 Å². The Balaban J connectivity index is 1.59. The largest absolute Gasteiger partial charge is 0.508 e. The summed E-state index contributed by atoms with van der Waals surface area (Å²) in [5.41, 5.74) is 3.29. The number of rotatable bonds is 4. The van der Waals surface area contributed by atoms with Gasteiger partial charge in [0, 0.05) is 42.0 Å². The molecule has 0 saturated heterocycles. The van der Waals surface area contributed by atoms with Crippen LogP contribution >= 0.6 is 11.6 Å². The number of fused-ring (bicyclic) bond motifs is 1. The number of hydrogen-bond donors (Lipinski definition) is 2. The molecular weight excluding hydrogens is 440 g/mol. The van der Waals surface area contributed by atoms with Crippen molar-refractivity contribution in [2.24, 2.45) is 0 Å². The quantitative estimate of drug-likeness (QED) is 0.569. The number of carbonyl (C=O) groups excluding carboxylic acids is 2. The summed E-state index contributed by atoms with van der Waals surface area (Å²) in [6, 6.07) is 16.6. The van der Waals surface area contributed by atoms with Crippen LogP contribution in [0.3, 0.4) is 0 Å². The van der Waals surface area contributed by atoms with Crippen LogP contribution < -0.4 is 4.90 Å². The van der Waals surface area contributed by atoms with Crippen molar-refractivity contribution < 1.29 is 19.8 Å². The van der Waals surface area contributed by atoms with Crippen LogP contribution in [-0.4, -0.2) is 40.0 Å². The second kappa shape index (κ2) is 9.16. The van der Waals surface area contributed by atoms with Crippen LogP contribution in [-0.2, 0) is 13.0 Å². The first-order valence-corrected chi connectivity index (χ1v) is 11.1. The molecule has 1 heterocycles. The van der Waals surface area contributed by atoms with Crippen molar-refractivity contribution in [2.45, 2.75) is 32.4 Å². The number of carbonyl (C=O) groups is 2. The van der Waals surface area contributed by atoms with Gasteiger partial charge < -0.3 is 20.0 Å². The van der Waals surface area contributed by atoms with E-state index in [1.807, 2.05) is 25.1 Å². The number of halogens is 1. The van der Waals surface area contributed by atoms with Gasteiger partial charge in [-0.25, -0.2) is 0 Å². The lowest BCUT2D eigenvalue weighted by atomic mass is 9.93. The molecule has 0 fully saturated rings. The summed E-state index contributed by atoms with van der Waals surface area (Å²) < 4.78 is 0. The Morgan fingerprint density at radius 1 is 1.06 bits per heavy atom. The first kappa shape index (κ1) is 22.7. The van der Waals surface area contributed by atoms with E-state index in [9.17, 15) is 19.8 Å². The molecule has 0 aromatic heterocycles. The molecule has 0 bridgehead atoms. The van der Waals surface area contributed by atoms with E-state index in [1.54, 1.807) is 41.1 Å². The van der Waals surface area contributed by atoms with Crippen LogP contribution in [0.4, 0.5) is 5.69 Å². The number of benzene rings is 3. The molecule has 1 unspecified atom stereocenters. The first-order chi connectivity index (χ1) is 15.7. The van der Waals surface area contributed by atoms with Gasteiger partial charge in [-0.05, 0) is 73.4 Å². The van der Waals surface area contributed by atoms with Crippen LogP contribution in [0, 0.1) is 0 Å². The SMILES string of the molecule is CC1CCc2cc(C(=O)N(C)Cc3ccc(Cl)cc3)ccc2N1C(=O)c1ccc(O)cc1O. The fraction of sp³-hybridized carbons (Fsp3) is 0.231. The topological polar surface area (TPSA) is 81.1 Å². The Kier molecular flexibility index (Phi) is 6.29. The minimum atomic E-state index is -0.347. The first-order valence-electron chi connectivity index (χ1n) is 10.7. The van der Waals surface area contributed by atoms with E-state index in [0.717, 1.165) is 35.7 Å². The molecule has 0 radical (unpaired) electrons. The summed E-state index contributed by atoms with van der Waals surface area (Å²) in [5.74, 6) is -0.836. The summed E-state index contributed by atoms with van der Waals surface area (Å²) in [7, 11) is 1.75. The molecule has 2 N–H and O–H groups in total. The molecule has 3 aromatic rings.